The average Bonchev–Trinajstić information content (AvgIpc) is 3.18. The van der Waals surface area contributed by atoms with Crippen LogP contribution >= 0.6 is 0 Å². The number of nitrogens with one attached hydrogen (secondary N) is 1. The molecule has 0 radical (unpaired) electrons. The van der Waals surface area contributed by atoms with Crippen molar-refractivity contribution < 1.29 is 4.79 Å². The molecule has 2 heterocycles. The highest BCUT2D eigenvalue weighted by Crippen LogP contribution is 2.20. The molecule has 0 fully saturated rings. The zero-order valence-electron chi connectivity index (χ0n) is 14.6. The van der Waals surface area contributed by atoms with Crippen molar-refractivity contribution in [1.82, 2.24) is 14.5 Å². The lowest BCUT2D eigenvalue weighted by atomic mass is 10.2. The van der Waals surface area contributed by atoms with Gasteiger partial charge in [-0.2, -0.15) is 0 Å². The number of amides is 1. The van der Waals surface area contributed by atoms with E-state index in [0.29, 0.717) is 11.4 Å². The number of anilines is 1. The quantitative estimate of drug-likeness (QED) is 0.583. The van der Waals surface area contributed by atoms with Crippen molar-refractivity contribution >= 4 is 11.7 Å². The first kappa shape index (κ1) is 16.7. The lowest BCUT2D eigenvalue weighted by Gasteiger charge is -2.05. The lowest BCUT2D eigenvalue weighted by Crippen LogP contribution is -2.12. The summed E-state index contributed by atoms with van der Waals surface area (Å²) in [4.78, 5) is 21.0. The summed E-state index contributed by atoms with van der Waals surface area (Å²) >= 11 is 0. The number of pyridine rings is 1. The van der Waals surface area contributed by atoms with E-state index >= 15 is 0 Å². The van der Waals surface area contributed by atoms with Gasteiger partial charge in [-0.3, -0.25) is 4.79 Å². The van der Waals surface area contributed by atoms with Gasteiger partial charge in [-0.15, -0.1) is 0 Å². The molecule has 2 aromatic carbocycles. The standard InChI is InChI=1S/C22H18N4O/c27-22(18-9-5-2-6-10-18)25-21-13-19(11-12-23-21)20-15-26(16-24-20)14-17-7-3-1-4-8-17/h1-13,15-16H,14H2,(H,23,25,27). The van der Waals surface area contributed by atoms with Gasteiger partial charge in [0.05, 0.1) is 12.0 Å². The fourth-order valence-corrected chi connectivity index (χ4v) is 2.83. The predicted octanol–water partition coefficient (Wildman–Crippen LogP) is 4.25. The van der Waals surface area contributed by atoms with Crippen LogP contribution in [0.15, 0.2) is 91.5 Å². The Morgan fingerprint density at radius 2 is 1.67 bits per heavy atom. The van der Waals surface area contributed by atoms with Gasteiger partial charge in [-0.05, 0) is 29.8 Å². The molecule has 27 heavy (non-hydrogen) atoms. The van der Waals surface area contributed by atoms with Crippen molar-refractivity contribution in [3.63, 3.8) is 0 Å². The van der Waals surface area contributed by atoms with E-state index in [0.717, 1.165) is 17.8 Å². The van der Waals surface area contributed by atoms with Crippen LogP contribution in [0.5, 0.6) is 0 Å². The van der Waals surface area contributed by atoms with E-state index in [-0.39, 0.29) is 5.91 Å². The first-order chi connectivity index (χ1) is 13.3. The van der Waals surface area contributed by atoms with E-state index in [1.807, 2.05) is 65.6 Å². The number of hydrogen-bond acceptors (Lipinski definition) is 3. The third-order valence-electron chi connectivity index (χ3n) is 4.17. The minimum absolute atomic E-state index is 0.185. The number of hydrogen-bond donors (Lipinski definition) is 1. The van der Waals surface area contributed by atoms with Gasteiger partial charge >= 0.3 is 0 Å². The summed E-state index contributed by atoms with van der Waals surface area (Å²) < 4.78 is 2.04. The molecule has 1 amide bonds. The molecule has 5 heteroatoms. The van der Waals surface area contributed by atoms with Crippen LogP contribution < -0.4 is 5.32 Å². The van der Waals surface area contributed by atoms with Crippen LogP contribution in [0.4, 0.5) is 5.82 Å². The Morgan fingerprint density at radius 1 is 0.926 bits per heavy atom. The van der Waals surface area contributed by atoms with Crippen LogP contribution in [0.3, 0.4) is 0 Å². The molecular weight excluding hydrogens is 336 g/mol. The third kappa shape index (κ3) is 4.10. The van der Waals surface area contributed by atoms with Crippen LogP contribution in [0.2, 0.25) is 0 Å². The molecule has 5 nitrogen and oxygen atoms in total. The lowest BCUT2D eigenvalue weighted by molar-refractivity contribution is 0.102. The topological polar surface area (TPSA) is 59.8 Å². The maximum Gasteiger partial charge on any atom is 0.256 e. The molecule has 0 spiro atoms. The van der Waals surface area contributed by atoms with Crippen molar-refractivity contribution in [2.24, 2.45) is 0 Å². The van der Waals surface area contributed by atoms with E-state index in [1.165, 1.54) is 5.56 Å². The van der Waals surface area contributed by atoms with Gasteiger partial charge in [0, 0.05) is 30.1 Å². The summed E-state index contributed by atoms with van der Waals surface area (Å²) in [5.41, 5.74) is 3.55. The Labute approximate surface area is 157 Å². The highest BCUT2D eigenvalue weighted by molar-refractivity contribution is 6.03. The van der Waals surface area contributed by atoms with Gasteiger partial charge in [-0.1, -0.05) is 48.5 Å². The molecule has 0 bridgehead atoms. The maximum absolute atomic E-state index is 12.3. The Morgan fingerprint density at radius 3 is 2.44 bits per heavy atom. The molecule has 1 N–H and O–H groups in total. The molecule has 4 aromatic rings. The molecular formula is C22H18N4O. The highest BCUT2D eigenvalue weighted by atomic mass is 16.1. The fraction of sp³-hybridized carbons (Fsp3) is 0.0455. The molecule has 4 rings (SSSR count). The Bertz CT molecular complexity index is 1040. The third-order valence-corrected chi connectivity index (χ3v) is 4.17. The number of nitrogens with zero attached hydrogens (tertiary/aromatic N) is 3. The number of aromatic nitrogens is 3. The van der Waals surface area contributed by atoms with E-state index in [9.17, 15) is 4.79 Å². The van der Waals surface area contributed by atoms with Crippen molar-refractivity contribution in [1.29, 1.82) is 0 Å². The molecule has 0 unspecified atom stereocenters. The number of carbonyl (C=O) groups excluding carboxylic acids is 1. The van der Waals surface area contributed by atoms with Gasteiger partial charge in [-0.25, -0.2) is 9.97 Å². The van der Waals surface area contributed by atoms with Gasteiger partial charge in [0.2, 0.25) is 0 Å². The first-order valence-electron chi connectivity index (χ1n) is 8.66. The average molecular weight is 354 g/mol. The molecule has 0 aliphatic heterocycles. The van der Waals surface area contributed by atoms with Gasteiger partial charge < -0.3 is 9.88 Å². The first-order valence-corrected chi connectivity index (χ1v) is 8.66. The highest BCUT2D eigenvalue weighted by Gasteiger charge is 2.08. The van der Waals surface area contributed by atoms with Gasteiger partial charge in [0.25, 0.3) is 5.91 Å². The van der Waals surface area contributed by atoms with E-state index in [4.69, 9.17) is 0 Å². The molecule has 0 saturated carbocycles. The minimum atomic E-state index is -0.185. The second-order valence-corrected chi connectivity index (χ2v) is 6.17. The fourth-order valence-electron chi connectivity index (χ4n) is 2.83. The monoisotopic (exact) mass is 354 g/mol. The summed E-state index contributed by atoms with van der Waals surface area (Å²) in [5.74, 6) is 0.314. The van der Waals surface area contributed by atoms with Crippen molar-refractivity contribution in [2.45, 2.75) is 6.54 Å². The smallest absolute Gasteiger partial charge is 0.256 e. The largest absolute Gasteiger partial charge is 0.332 e. The summed E-state index contributed by atoms with van der Waals surface area (Å²) in [5, 5.41) is 2.83. The SMILES string of the molecule is O=C(Nc1cc(-c2cn(Cc3ccccc3)cn2)ccn1)c1ccccc1. The Hall–Kier alpha value is -3.73. The van der Waals surface area contributed by atoms with Gasteiger partial charge in [0.15, 0.2) is 0 Å². The molecule has 2 aromatic heterocycles. The van der Waals surface area contributed by atoms with Crippen LogP contribution in [0.1, 0.15) is 15.9 Å². The summed E-state index contributed by atoms with van der Waals surface area (Å²) in [6.07, 6.45) is 5.47. The second-order valence-electron chi connectivity index (χ2n) is 6.17. The van der Waals surface area contributed by atoms with Crippen LogP contribution in [0.25, 0.3) is 11.3 Å². The van der Waals surface area contributed by atoms with E-state index < -0.39 is 0 Å². The zero-order chi connectivity index (χ0) is 18.5. The normalized spacial score (nSPS) is 10.5. The second kappa shape index (κ2) is 7.66. The minimum Gasteiger partial charge on any atom is -0.332 e. The number of benzene rings is 2. The van der Waals surface area contributed by atoms with Crippen LogP contribution in [-0.4, -0.2) is 20.4 Å². The van der Waals surface area contributed by atoms with Crippen molar-refractivity contribution in [3.05, 3.63) is 103 Å². The molecule has 0 saturated heterocycles. The van der Waals surface area contributed by atoms with E-state index in [1.54, 1.807) is 18.3 Å². The van der Waals surface area contributed by atoms with E-state index in [2.05, 4.69) is 27.4 Å². The molecule has 0 aliphatic carbocycles. The maximum atomic E-state index is 12.3. The summed E-state index contributed by atoms with van der Waals surface area (Å²) in [6, 6.07) is 23.0. The summed E-state index contributed by atoms with van der Waals surface area (Å²) in [6.45, 7) is 0.760. The number of imidazole rings is 1. The molecule has 132 valence electrons. The van der Waals surface area contributed by atoms with Gasteiger partial charge in [0.1, 0.15) is 5.82 Å². The number of rotatable bonds is 5. The number of carbonyl (C=O) groups is 1. The Kier molecular flexibility index (Phi) is 4.74. The van der Waals surface area contributed by atoms with Crippen LogP contribution in [-0.2, 0) is 6.54 Å². The predicted molar refractivity (Wildman–Crippen MR) is 105 cm³/mol. The summed E-state index contributed by atoms with van der Waals surface area (Å²) in [7, 11) is 0. The van der Waals surface area contributed by atoms with Crippen LogP contribution in [0, 0.1) is 0 Å². The zero-order valence-corrected chi connectivity index (χ0v) is 14.6. The molecule has 0 atom stereocenters. The van der Waals surface area contributed by atoms with Crippen molar-refractivity contribution in [2.75, 3.05) is 5.32 Å². The van der Waals surface area contributed by atoms with Crippen molar-refractivity contribution in [3.8, 4) is 11.3 Å². The molecule has 0 aliphatic rings. The Balaban J connectivity index is 1.50.